The lowest BCUT2D eigenvalue weighted by Crippen LogP contribution is -2.51. The Morgan fingerprint density at radius 2 is 1.92 bits per heavy atom. The fourth-order valence-electron chi connectivity index (χ4n) is 3.97. The molecule has 9 heteroatoms. The van der Waals surface area contributed by atoms with Crippen LogP contribution in [0.1, 0.15) is 43.9 Å². The largest absolute Gasteiger partial charge is 0.378 e. The molecule has 198 valence electrons. The molecule has 0 bridgehead atoms. The highest BCUT2D eigenvalue weighted by molar-refractivity contribution is 6.30. The number of hydrogen-bond donors (Lipinski definition) is 2. The smallest absolute Gasteiger partial charge is 0.244 e. The maximum Gasteiger partial charge on any atom is 0.244 e. The summed E-state index contributed by atoms with van der Waals surface area (Å²) in [4.78, 5) is 44.3. The van der Waals surface area contributed by atoms with Crippen LogP contribution in [-0.4, -0.2) is 66.0 Å². The van der Waals surface area contributed by atoms with Gasteiger partial charge in [-0.1, -0.05) is 43.1 Å². The quantitative estimate of drug-likeness (QED) is 0.326. The second-order valence-electron chi connectivity index (χ2n) is 8.99. The molecule has 1 aliphatic heterocycles. The lowest BCUT2D eigenvalue weighted by atomic mass is 10.1. The molecule has 2 heterocycles. The van der Waals surface area contributed by atoms with E-state index in [0.717, 1.165) is 37.9 Å². The Morgan fingerprint density at radius 1 is 1.16 bits per heavy atom. The topological polar surface area (TPSA) is 101 Å². The number of halogens is 1. The standard InChI is InChI=1S/C28H35ClN4O4/c1-2-3-18-37-24-13-16-33(17-14-24)27(35)20-31-28(36)25(19-23-6-4-5-15-30-23)32-26(34)12-9-21-7-10-22(29)11-8-21/h4-12,15,24-25H,2-3,13-14,16-20H2,1H3,(H,31,36)(H,32,34)/b12-9+. The van der Waals surface area contributed by atoms with E-state index >= 15 is 0 Å². The molecule has 1 unspecified atom stereocenters. The molecular weight excluding hydrogens is 492 g/mol. The first-order chi connectivity index (χ1) is 17.9. The first-order valence-corrected chi connectivity index (χ1v) is 13.1. The Morgan fingerprint density at radius 3 is 2.59 bits per heavy atom. The third kappa shape index (κ3) is 9.98. The van der Waals surface area contributed by atoms with Gasteiger partial charge in [-0.2, -0.15) is 0 Å². The third-order valence-electron chi connectivity index (χ3n) is 6.13. The molecule has 3 amide bonds. The van der Waals surface area contributed by atoms with Gasteiger partial charge in [-0.3, -0.25) is 19.4 Å². The highest BCUT2D eigenvalue weighted by Gasteiger charge is 2.25. The van der Waals surface area contributed by atoms with Gasteiger partial charge in [0.2, 0.25) is 17.7 Å². The van der Waals surface area contributed by atoms with Crippen LogP contribution < -0.4 is 10.6 Å². The number of aromatic nitrogens is 1. The highest BCUT2D eigenvalue weighted by atomic mass is 35.5. The van der Waals surface area contributed by atoms with E-state index in [0.29, 0.717) is 23.8 Å². The molecule has 0 saturated carbocycles. The lowest BCUT2D eigenvalue weighted by Gasteiger charge is -2.32. The summed E-state index contributed by atoms with van der Waals surface area (Å²) < 4.78 is 5.86. The molecule has 1 aromatic carbocycles. The molecule has 2 aromatic rings. The van der Waals surface area contributed by atoms with E-state index in [2.05, 4.69) is 22.5 Å². The van der Waals surface area contributed by atoms with E-state index in [-0.39, 0.29) is 25.0 Å². The van der Waals surface area contributed by atoms with Crippen molar-refractivity contribution in [3.8, 4) is 0 Å². The van der Waals surface area contributed by atoms with E-state index in [9.17, 15) is 14.4 Å². The number of nitrogens with one attached hydrogen (secondary N) is 2. The molecule has 0 aliphatic carbocycles. The zero-order valence-electron chi connectivity index (χ0n) is 21.2. The Kier molecular flexibility index (Phi) is 11.6. The monoisotopic (exact) mass is 526 g/mol. The summed E-state index contributed by atoms with van der Waals surface area (Å²) >= 11 is 5.90. The third-order valence-corrected chi connectivity index (χ3v) is 6.38. The maximum absolute atomic E-state index is 13.0. The predicted octanol–water partition coefficient (Wildman–Crippen LogP) is 3.40. The molecule has 0 spiro atoms. The number of carbonyl (C=O) groups is 3. The fraction of sp³-hybridized carbons (Fsp3) is 0.429. The number of unbranched alkanes of at least 4 members (excludes halogenated alkanes) is 1. The van der Waals surface area contributed by atoms with Gasteiger partial charge in [-0.15, -0.1) is 0 Å². The van der Waals surface area contributed by atoms with Crippen molar-refractivity contribution in [3.05, 3.63) is 71.0 Å². The predicted molar refractivity (Wildman–Crippen MR) is 144 cm³/mol. The van der Waals surface area contributed by atoms with Crippen LogP contribution in [0.2, 0.25) is 5.02 Å². The molecular formula is C28H35ClN4O4. The van der Waals surface area contributed by atoms with E-state index in [1.165, 1.54) is 6.08 Å². The molecule has 0 radical (unpaired) electrons. The molecule has 37 heavy (non-hydrogen) atoms. The van der Waals surface area contributed by atoms with Crippen LogP contribution in [0.3, 0.4) is 0 Å². The number of piperidine rings is 1. The van der Waals surface area contributed by atoms with E-state index in [4.69, 9.17) is 16.3 Å². The summed E-state index contributed by atoms with van der Waals surface area (Å²) in [7, 11) is 0. The summed E-state index contributed by atoms with van der Waals surface area (Å²) in [5, 5.41) is 6.04. The van der Waals surface area contributed by atoms with Crippen molar-refractivity contribution in [1.29, 1.82) is 0 Å². The summed E-state index contributed by atoms with van der Waals surface area (Å²) in [6.45, 7) is 3.96. The second kappa shape index (κ2) is 15.1. The van der Waals surface area contributed by atoms with Gasteiger partial charge in [0.05, 0.1) is 12.6 Å². The number of carbonyl (C=O) groups excluding carboxylic acids is 3. The number of rotatable bonds is 12. The number of likely N-dealkylation sites (tertiary alicyclic amines) is 1. The van der Waals surface area contributed by atoms with Crippen molar-refractivity contribution >= 4 is 35.4 Å². The van der Waals surface area contributed by atoms with Crippen molar-refractivity contribution in [3.63, 3.8) is 0 Å². The van der Waals surface area contributed by atoms with Crippen LogP contribution in [0, 0.1) is 0 Å². The normalized spacial score (nSPS) is 14.9. The molecule has 3 rings (SSSR count). The van der Waals surface area contributed by atoms with E-state index in [1.807, 2.05) is 6.07 Å². The van der Waals surface area contributed by atoms with Gasteiger partial charge in [0.15, 0.2) is 0 Å². The van der Waals surface area contributed by atoms with Gasteiger partial charge >= 0.3 is 0 Å². The zero-order chi connectivity index (χ0) is 26.5. The van der Waals surface area contributed by atoms with Gasteiger partial charge in [-0.25, -0.2) is 0 Å². The van der Waals surface area contributed by atoms with Gasteiger partial charge in [0, 0.05) is 49.1 Å². The first-order valence-electron chi connectivity index (χ1n) is 12.8. The molecule has 1 saturated heterocycles. The van der Waals surface area contributed by atoms with E-state index < -0.39 is 17.9 Å². The minimum atomic E-state index is -0.886. The van der Waals surface area contributed by atoms with Crippen molar-refractivity contribution in [1.82, 2.24) is 20.5 Å². The molecule has 1 atom stereocenters. The van der Waals surface area contributed by atoms with Gasteiger partial charge < -0.3 is 20.3 Å². The number of amides is 3. The number of benzene rings is 1. The van der Waals surface area contributed by atoms with Crippen molar-refractivity contribution in [2.45, 2.75) is 51.2 Å². The average molecular weight is 527 g/mol. The van der Waals surface area contributed by atoms with E-state index in [1.54, 1.807) is 53.6 Å². The van der Waals surface area contributed by atoms with Crippen LogP contribution in [0.5, 0.6) is 0 Å². The minimum absolute atomic E-state index is 0.130. The van der Waals surface area contributed by atoms with Crippen LogP contribution in [0.15, 0.2) is 54.7 Å². The zero-order valence-corrected chi connectivity index (χ0v) is 22.0. The Bertz CT molecular complexity index is 1040. The van der Waals surface area contributed by atoms with Crippen molar-refractivity contribution in [2.24, 2.45) is 0 Å². The number of ether oxygens (including phenoxy) is 1. The van der Waals surface area contributed by atoms with Crippen molar-refractivity contribution in [2.75, 3.05) is 26.2 Å². The fourth-order valence-corrected chi connectivity index (χ4v) is 4.09. The van der Waals surface area contributed by atoms with Crippen LogP contribution in [0.4, 0.5) is 0 Å². The van der Waals surface area contributed by atoms with Gasteiger partial charge in [0.1, 0.15) is 6.04 Å². The average Bonchev–Trinajstić information content (AvgIpc) is 2.92. The Labute approximate surface area is 223 Å². The molecule has 1 fully saturated rings. The molecule has 8 nitrogen and oxygen atoms in total. The summed E-state index contributed by atoms with van der Waals surface area (Å²) in [5.41, 5.74) is 1.46. The summed E-state index contributed by atoms with van der Waals surface area (Å²) in [6.07, 6.45) is 8.73. The summed E-state index contributed by atoms with van der Waals surface area (Å²) in [6, 6.07) is 11.5. The van der Waals surface area contributed by atoms with Gasteiger partial charge in [0.25, 0.3) is 0 Å². The SMILES string of the molecule is CCCCOC1CCN(C(=O)CNC(=O)C(Cc2ccccn2)NC(=O)/C=C/c2ccc(Cl)cc2)CC1. The van der Waals surface area contributed by atoms with Crippen LogP contribution in [0.25, 0.3) is 6.08 Å². The van der Waals surface area contributed by atoms with Gasteiger partial charge in [-0.05, 0) is 55.2 Å². The number of hydrogen-bond acceptors (Lipinski definition) is 5. The van der Waals surface area contributed by atoms with Crippen molar-refractivity contribution < 1.29 is 19.1 Å². The van der Waals surface area contributed by atoms with Crippen LogP contribution in [-0.2, 0) is 25.5 Å². The maximum atomic E-state index is 13.0. The molecule has 1 aromatic heterocycles. The highest BCUT2D eigenvalue weighted by Crippen LogP contribution is 2.14. The number of nitrogens with zero attached hydrogens (tertiary/aromatic N) is 2. The Balaban J connectivity index is 1.53. The Hall–Kier alpha value is -3.23. The number of pyridine rings is 1. The molecule has 1 aliphatic rings. The van der Waals surface area contributed by atoms with Crippen LogP contribution >= 0.6 is 11.6 Å². The lowest BCUT2D eigenvalue weighted by molar-refractivity contribution is -0.135. The summed E-state index contributed by atoms with van der Waals surface area (Å²) in [5.74, 6) is -1.02. The molecule has 2 N–H and O–H groups in total. The first kappa shape index (κ1) is 28.3. The second-order valence-corrected chi connectivity index (χ2v) is 9.43. The minimum Gasteiger partial charge on any atom is -0.378 e.